The minimum Gasteiger partial charge on any atom is -0.479 e. The molecule has 1 aliphatic heterocycles. The number of aliphatic carboxylic acids is 1. The van der Waals surface area contributed by atoms with Gasteiger partial charge in [0.1, 0.15) is 31.0 Å². The van der Waals surface area contributed by atoms with Gasteiger partial charge in [-0.1, -0.05) is 0 Å². The van der Waals surface area contributed by atoms with Gasteiger partial charge in [-0.05, 0) is 6.92 Å². The van der Waals surface area contributed by atoms with Crippen LogP contribution in [-0.2, 0) is 19.1 Å². The van der Waals surface area contributed by atoms with Gasteiger partial charge in [0.25, 0.3) is 0 Å². The van der Waals surface area contributed by atoms with E-state index in [1.165, 1.54) is 6.92 Å². The monoisotopic (exact) mass is 309 g/mol. The molecule has 1 saturated heterocycles. The molecular weight excluding hydrogens is 290 g/mol. The van der Waals surface area contributed by atoms with Crippen molar-refractivity contribution >= 4 is 11.9 Å². The van der Waals surface area contributed by atoms with Crippen LogP contribution in [0.5, 0.6) is 0 Å². The van der Waals surface area contributed by atoms with E-state index in [2.05, 4.69) is 5.32 Å². The van der Waals surface area contributed by atoms with Crippen LogP contribution >= 0.6 is 0 Å². The lowest BCUT2D eigenvalue weighted by Gasteiger charge is -2.42. The molecule has 0 aromatic heterocycles. The van der Waals surface area contributed by atoms with Crippen molar-refractivity contribution in [1.29, 1.82) is 0 Å². The molecule has 1 amide bonds. The summed E-state index contributed by atoms with van der Waals surface area (Å²) in [6, 6.07) is -1.30. The standard InChI is InChI=1S/C11H19NO9/c1-4(10(17)18)20-9-7(12-6(15)3-14)11(19)21-5(2-13)8(9)16/h4-5,7-9,11,13-14,16,19H,2-3H2,1H3,(H,12,15)(H,17,18)/t4-,5-,7-,8-,9-,11+/m1/s1. The Labute approximate surface area is 119 Å². The molecule has 10 heteroatoms. The summed E-state index contributed by atoms with van der Waals surface area (Å²) in [5.41, 5.74) is 0. The molecule has 0 aliphatic carbocycles. The Morgan fingerprint density at radius 3 is 2.43 bits per heavy atom. The number of carbonyl (C=O) groups is 2. The summed E-state index contributed by atoms with van der Waals surface area (Å²) in [5.74, 6) is -2.18. The molecule has 0 radical (unpaired) electrons. The zero-order valence-corrected chi connectivity index (χ0v) is 11.2. The summed E-state index contributed by atoms with van der Waals surface area (Å²) >= 11 is 0. The molecule has 0 saturated carbocycles. The van der Waals surface area contributed by atoms with E-state index in [-0.39, 0.29) is 0 Å². The summed E-state index contributed by atoms with van der Waals surface area (Å²) in [6.07, 6.45) is -7.00. The van der Waals surface area contributed by atoms with E-state index in [1.807, 2.05) is 0 Å². The smallest absolute Gasteiger partial charge is 0.332 e. The summed E-state index contributed by atoms with van der Waals surface area (Å²) in [4.78, 5) is 22.0. The van der Waals surface area contributed by atoms with Crippen molar-refractivity contribution < 1.29 is 44.6 Å². The Morgan fingerprint density at radius 2 is 1.95 bits per heavy atom. The number of ether oxygens (including phenoxy) is 2. The lowest BCUT2D eigenvalue weighted by molar-refractivity contribution is -0.267. The third-order valence-corrected chi connectivity index (χ3v) is 3.05. The first kappa shape index (κ1) is 17.8. The number of carboxylic acid groups (broad SMARTS) is 1. The van der Waals surface area contributed by atoms with Crippen LogP contribution in [0.15, 0.2) is 0 Å². The topological polar surface area (TPSA) is 166 Å². The molecule has 122 valence electrons. The molecule has 1 rings (SSSR count). The Balaban J connectivity index is 2.93. The number of rotatable bonds is 6. The van der Waals surface area contributed by atoms with Gasteiger partial charge < -0.3 is 40.3 Å². The fraction of sp³-hybridized carbons (Fsp3) is 0.818. The molecule has 0 aromatic rings. The first-order valence-corrected chi connectivity index (χ1v) is 6.22. The largest absolute Gasteiger partial charge is 0.479 e. The van der Waals surface area contributed by atoms with E-state index in [0.29, 0.717) is 0 Å². The van der Waals surface area contributed by atoms with Crippen molar-refractivity contribution in [3.05, 3.63) is 0 Å². The Kier molecular flexibility index (Phi) is 6.45. The van der Waals surface area contributed by atoms with Crippen molar-refractivity contribution in [3.8, 4) is 0 Å². The maximum Gasteiger partial charge on any atom is 0.332 e. The number of hydrogen-bond donors (Lipinski definition) is 6. The van der Waals surface area contributed by atoms with Gasteiger partial charge in [0.2, 0.25) is 5.91 Å². The van der Waals surface area contributed by atoms with Gasteiger partial charge in [-0.15, -0.1) is 0 Å². The van der Waals surface area contributed by atoms with Crippen molar-refractivity contribution in [3.63, 3.8) is 0 Å². The van der Waals surface area contributed by atoms with E-state index in [4.69, 9.17) is 24.8 Å². The number of aliphatic hydroxyl groups is 4. The second kappa shape index (κ2) is 7.64. The molecule has 0 spiro atoms. The first-order valence-electron chi connectivity index (χ1n) is 6.22. The number of hydrogen-bond acceptors (Lipinski definition) is 8. The molecule has 6 atom stereocenters. The predicted molar refractivity (Wildman–Crippen MR) is 65.0 cm³/mol. The second-order valence-corrected chi connectivity index (χ2v) is 4.57. The second-order valence-electron chi connectivity index (χ2n) is 4.57. The predicted octanol–water partition coefficient (Wildman–Crippen LogP) is -3.61. The highest BCUT2D eigenvalue weighted by Crippen LogP contribution is 2.23. The fourth-order valence-electron chi connectivity index (χ4n) is 1.93. The highest BCUT2D eigenvalue weighted by atomic mass is 16.6. The van der Waals surface area contributed by atoms with E-state index in [1.54, 1.807) is 0 Å². The Hall–Kier alpha value is -1.30. The molecule has 1 aliphatic rings. The minimum atomic E-state index is -1.65. The molecule has 0 aromatic carbocycles. The molecule has 21 heavy (non-hydrogen) atoms. The van der Waals surface area contributed by atoms with Crippen LogP contribution in [0.3, 0.4) is 0 Å². The number of nitrogens with one attached hydrogen (secondary N) is 1. The van der Waals surface area contributed by atoms with Crippen molar-refractivity contribution in [2.24, 2.45) is 0 Å². The molecule has 0 bridgehead atoms. The van der Waals surface area contributed by atoms with Crippen LogP contribution in [-0.4, -0.2) is 87.4 Å². The van der Waals surface area contributed by atoms with Crippen LogP contribution < -0.4 is 5.32 Å². The van der Waals surface area contributed by atoms with Gasteiger partial charge in [0, 0.05) is 0 Å². The summed E-state index contributed by atoms with van der Waals surface area (Å²) in [5, 5.41) is 48.5. The molecule has 0 unspecified atom stereocenters. The molecule has 10 nitrogen and oxygen atoms in total. The summed E-state index contributed by atoms with van der Waals surface area (Å²) in [6.45, 7) is -0.306. The Morgan fingerprint density at radius 1 is 1.33 bits per heavy atom. The van der Waals surface area contributed by atoms with E-state index in [0.717, 1.165) is 0 Å². The molecule has 1 heterocycles. The van der Waals surface area contributed by atoms with Gasteiger partial charge in [0.05, 0.1) is 6.61 Å². The Bertz CT molecular complexity index is 377. The quantitative estimate of drug-likeness (QED) is 0.290. The highest BCUT2D eigenvalue weighted by molar-refractivity contribution is 5.77. The van der Waals surface area contributed by atoms with Gasteiger partial charge in [-0.25, -0.2) is 4.79 Å². The van der Waals surface area contributed by atoms with E-state index < -0.39 is 61.8 Å². The third-order valence-electron chi connectivity index (χ3n) is 3.05. The normalized spacial score (nSPS) is 34.2. The lowest BCUT2D eigenvalue weighted by Crippen LogP contribution is -2.65. The maximum atomic E-state index is 11.2. The summed E-state index contributed by atoms with van der Waals surface area (Å²) < 4.78 is 10.0. The van der Waals surface area contributed by atoms with Crippen LogP contribution in [0.4, 0.5) is 0 Å². The summed E-state index contributed by atoms with van der Waals surface area (Å²) in [7, 11) is 0. The average molecular weight is 309 g/mol. The number of carbonyl (C=O) groups excluding carboxylic acids is 1. The van der Waals surface area contributed by atoms with Gasteiger partial charge >= 0.3 is 5.97 Å². The van der Waals surface area contributed by atoms with Gasteiger partial charge in [-0.3, -0.25) is 4.79 Å². The van der Waals surface area contributed by atoms with Crippen LogP contribution in [0.2, 0.25) is 0 Å². The number of aliphatic hydroxyl groups excluding tert-OH is 4. The van der Waals surface area contributed by atoms with Crippen molar-refractivity contribution in [1.82, 2.24) is 5.32 Å². The van der Waals surface area contributed by atoms with Crippen LogP contribution in [0, 0.1) is 0 Å². The minimum absolute atomic E-state index is 0.639. The van der Waals surface area contributed by atoms with Crippen molar-refractivity contribution in [2.45, 2.75) is 43.7 Å². The van der Waals surface area contributed by atoms with E-state index in [9.17, 15) is 19.8 Å². The third kappa shape index (κ3) is 4.33. The maximum absolute atomic E-state index is 11.2. The zero-order valence-electron chi connectivity index (χ0n) is 11.2. The molecular formula is C11H19NO9. The number of amides is 1. The van der Waals surface area contributed by atoms with Crippen molar-refractivity contribution in [2.75, 3.05) is 13.2 Å². The number of carboxylic acids is 1. The molecule has 1 fully saturated rings. The average Bonchev–Trinajstić information content (AvgIpc) is 2.45. The lowest BCUT2D eigenvalue weighted by atomic mass is 9.96. The zero-order chi connectivity index (χ0) is 16.2. The molecule has 6 N–H and O–H groups in total. The fourth-order valence-corrected chi connectivity index (χ4v) is 1.93. The first-order chi connectivity index (χ1) is 9.81. The van der Waals surface area contributed by atoms with Gasteiger partial charge in [-0.2, -0.15) is 0 Å². The van der Waals surface area contributed by atoms with Crippen LogP contribution in [0.25, 0.3) is 0 Å². The SMILES string of the molecule is C[C@@H](O[C@H]1[C@H](O)[C@@H](CO)O[C@H](O)[C@@H]1NC(=O)CO)C(=O)O. The van der Waals surface area contributed by atoms with Crippen LogP contribution in [0.1, 0.15) is 6.92 Å². The highest BCUT2D eigenvalue weighted by Gasteiger charge is 2.47. The van der Waals surface area contributed by atoms with E-state index >= 15 is 0 Å². The van der Waals surface area contributed by atoms with Gasteiger partial charge in [0.15, 0.2) is 12.4 Å².